The maximum absolute atomic E-state index is 14.0. The molecule has 2 N–H and O–H groups in total. The molecular weight excluding hydrogens is 604 g/mol. The van der Waals surface area contributed by atoms with Gasteiger partial charge in [0.05, 0.1) is 41.5 Å². The van der Waals surface area contributed by atoms with E-state index in [2.05, 4.69) is 35.3 Å². The minimum absolute atomic E-state index is 0.0387. The Morgan fingerprint density at radius 2 is 1.80 bits per heavy atom. The number of likely N-dealkylation sites (tertiary alicyclic amines) is 1. The van der Waals surface area contributed by atoms with Crippen LogP contribution in [0.25, 0.3) is 5.78 Å². The Morgan fingerprint density at radius 1 is 1.07 bits per heavy atom. The fourth-order valence-corrected chi connectivity index (χ4v) is 6.37. The summed E-state index contributed by atoms with van der Waals surface area (Å²) in [5, 5.41) is 25.4. The van der Waals surface area contributed by atoms with E-state index < -0.39 is 60.5 Å². The zero-order valence-electron chi connectivity index (χ0n) is 24.8. The number of rotatable bonds is 6. The average molecular weight is 639 g/mol. The number of fused-ring (bicyclic) bond motifs is 1. The number of carbonyl (C=O) groups excluding carboxylic acids is 2. The lowest BCUT2D eigenvalue weighted by atomic mass is 9.81. The summed E-state index contributed by atoms with van der Waals surface area (Å²) in [6.07, 6.45) is 1.31. The third-order valence-electron chi connectivity index (χ3n) is 9.01. The predicted molar refractivity (Wildman–Crippen MR) is 145 cm³/mol. The van der Waals surface area contributed by atoms with Crippen molar-refractivity contribution >= 4 is 17.6 Å². The summed E-state index contributed by atoms with van der Waals surface area (Å²) in [5.41, 5.74) is -0.258. The topological polar surface area (TPSA) is 161 Å². The number of hydrogen-bond donors (Lipinski definition) is 2. The number of nitrogens with zero attached hydrogens (tertiary/aromatic N) is 7. The van der Waals surface area contributed by atoms with Gasteiger partial charge in [-0.2, -0.15) is 5.10 Å². The van der Waals surface area contributed by atoms with Crippen LogP contribution in [0.1, 0.15) is 97.9 Å². The Labute approximate surface area is 254 Å². The van der Waals surface area contributed by atoms with E-state index in [1.165, 1.54) is 15.6 Å². The standard InChI is InChI=1S/C28H34F4N8O5/c1-15-21(38-45-37-15)23(41)36-22(16-3-6-27(29,30)7-4-16)18-13-40-25(35-18)34-17(12-33-40)19-11-26(2,43)9-10-39(19)24(42)20-5-8-28(31,32)14-44-20/h12-13,16,19-20,22,43H,3-11,14H2,1-2H3,(H,36,41)/t19-,20+,22+,26+/m1/s1. The number of hydrogen-bond acceptors (Lipinski definition) is 10. The molecule has 3 aliphatic rings. The summed E-state index contributed by atoms with van der Waals surface area (Å²) in [6, 6.07) is -1.53. The van der Waals surface area contributed by atoms with Gasteiger partial charge in [0.15, 0.2) is 5.69 Å². The number of amides is 2. The minimum Gasteiger partial charge on any atom is -0.390 e. The highest BCUT2D eigenvalue weighted by molar-refractivity contribution is 5.93. The number of alkyl halides is 4. The summed E-state index contributed by atoms with van der Waals surface area (Å²) < 4.78 is 66.6. The third-order valence-corrected chi connectivity index (χ3v) is 9.01. The van der Waals surface area contributed by atoms with Crippen LogP contribution in [-0.2, 0) is 9.53 Å². The SMILES string of the molecule is Cc1nonc1C(=O)N[C@H](c1cn2ncc([C@H]3C[C@@](C)(O)CCN3C(=O)[C@@H]3CCC(F)(F)CO3)nc2n1)C1CCC(F)(F)CC1. The van der Waals surface area contributed by atoms with Crippen molar-refractivity contribution in [2.45, 2.75) is 101 Å². The normalized spacial score (nSPS) is 27.8. The van der Waals surface area contributed by atoms with Crippen LogP contribution in [0.15, 0.2) is 17.0 Å². The van der Waals surface area contributed by atoms with Gasteiger partial charge in [0, 0.05) is 32.2 Å². The highest BCUT2D eigenvalue weighted by Crippen LogP contribution is 2.42. The summed E-state index contributed by atoms with van der Waals surface area (Å²) in [6.45, 7) is 2.50. The van der Waals surface area contributed by atoms with Gasteiger partial charge in [-0.05, 0) is 50.6 Å². The van der Waals surface area contributed by atoms with Crippen molar-refractivity contribution in [3.63, 3.8) is 0 Å². The summed E-state index contributed by atoms with van der Waals surface area (Å²) in [5.74, 6) is -7.10. The fourth-order valence-electron chi connectivity index (χ4n) is 6.37. The smallest absolute Gasteiger partial charge is 0.276 e. The summed E-state index contributed by atoms with van der Waals surface area (Å²) in [4.78, 5) is 37.3. The van der Waals surface area contributed by atoms with Crippen LogP contribution in [0.3, 0.4) is 0 Å². The molecule has 244 valence electrons. The molecule has 5 heterocycles. The van der Waals surface area contributed by atoms with E-state index in [4.69, 9.17) is 4.74 Å². The molecule has 4 atom stereocenters. The van der Waals surface area contributed by atoms with E-state index >= 15 is 0 Å². The van der Waals surface area contributed by atoms with Gasteiger partial charge in [-0.25, -0.2) is 36.7 Å². The van der Waals surface area contributed by atoms with Crippen molar-refractivity contribution in [1.82, 2.24) is 40.1 Å². The fraction of sp³-hybridized carbons (Fsp3) is 0.679. The Morgan fingerprint density at radius 3 is 2.47 bits per heavy atom. The molecule has 1 saturated carbocycles. The van der Waals surface area contributed by atoms with Crippen molar-refractivity contribution < 1.29 is 41.6 Å². The molecular formula is C28H34F4N8O5. The van der Waals surface area contributed by atoms with Crippen molar-refractivity contribution in [3.8, 4) is 0 Å². The van der Waals surface area contributed by atoms with Crippen molar-refractivity contribution in [2.75, 3.05) is 13.2 Å². The molecule has 3 aromatic rings. The highest BCUT2D eigenvalue weighted by atomic mass is 19.3. The largest absolute Gasteiger partial charge is 0.390 e. The maximum Gasteiger partial charge on any atom is 0.276 e. The van der Waals surface area contributed by atoms with Gasteiger partial charge in [-0.3, -0.25) is 9.59 Å². The second-order valence-corrected chi connectivity index (χ2v) is 12.6. The average Bonchev–Trinajstić information content (AvgIpc) is 3.61. The molecule has 2 saturated heterocycles. The van der Waals surface area contributed by atoms with Gasteiger partial charge >= 0.3 is 0 Å². The lowest BCUT2D eigenvalue weighted by Gasteiger charge is -2.43. The van der Waals surface area contributed by atoms with Crippen molar-refractivity contribution in [1.29, 1.82) is 0 Å². The van der Waals surface area contributed by atoms with Gasteiger partial charge < -0.3 is 20.1 Å². The molecule has 6 rings (SSSR count). The molecule has 0 radical (unpaired) electrons. The molecule has 2 amide bonds. The molecule has 13 nitrogen and oxygen atoms in total. The molecule has 17 heteroatoms. The van der Waals surface area contributed by atoms with Gasteiger partial charge in [0.25, 0.3) is 23.5 Å². The Kier molecular flexibility index (Phi) is 8.04. The number of nitrogens with one attached hydrogen (secondary N) is 1. The molecule has 3 aromatic heterocycles. The summed E-state index contributed by atoms with van der Waals surface area (Å²) >= 11 is 0. The van der Waals surface area contributed by atoms with Crippen LogP contribution in [0.4, 0.5) is 17.6 Å². The lowest BCUT2D eigenvalue weighted by Crippen LogP contribution is -2.52. The van der Waals surface area contributed by atoms with Gasteiger partial charge in [0.1, 0.15) is 18.4 Å². The van der Waals surface area contributed by atoms with E-state index in [0.29, 0.717) is 11.4 Å². The van der Waals surface area contributed by atoms with Crippen LogP contribution in [-0.4, -0.2) is 88.4 Å². The first kappa shape index (κ1) is 31.3. The van der Waals surface area contributed by atoms with Crippen LogP contribution < -0.4 is 5.32 Å². The lowest BCUT2D eigenvalue weighted by molar-refractivity contribution is -0.175. The number of aryl methyl sites for hydroxylation is 1. The van der Waals surface area contributed by atoms with E-state index in [1.807, 2.05) is 0 Å². The van der Waals surface area contributed by atoms with Crippen molar-refractivity contribution in [2.24, 2.45) is 5.92 Å². The van der Waals surface area contributed by atoms with E-state index in [1.54, 1.807) is 20.0 Å². The second-order valence-electron chi connectivity index (χ2n) is 12.6. The minimum atomic E-state index is -2.99. The molecule has 0 bridgehead atoms. The zero-order valence-corrected chi connectivity index (χ0v) is 24.8. The number of imidazole rings is 1. The number of ether oxygens (including phenoxy) is 1. The van der Waals surface area contributed by atoms with Crippen LogP contribution in [0.5, 0.6) is 0 Å². The number of carbonyl (C=O) groups is 2. The highest BCUT2D eigenvalue weighted by Gasteiger charge is 2.45. The van der Waals surface area contributed by atoms with E-state index in [0.717, 1.165) is 0 Å². The molecule has 0 aromatic carbocycles. The number of halogens is 4. The first-order valence-corrected chi connectivity index (χ1v) is 14.9. The maximum atomic E-state index is 14.0. The Hall–Kier alpha value is -3.73. The van der Waals surface area contributed by atoms with Crippen molar-refractivity contribution in [3.05, 3.63) is 35.2 Å². The van der Waals surface area contributed by atoms with Gasteiger partial charge in [-0.15, -0.1) is 0 Å². The Balaban J connectivity index is 1.29. The quantitative estimate of drug-likeness (QED) is 0.383. The molecule has 45 heavy (non-hydrogen) atoms. The molecule has 1 aliphatic carbocycles. The van der Waals surface area contributed by atoms with Gasteiger partial charge in [0.2, 0.25) is 5.92 Å². The molecule has 3 fully saturated rings. The number of aromatic nitrogens is 6. The van der Waals surface area contributed by atoms with Gasteiger partial charge in [-0.1, -0.05) is 5.16 Å². The number of aliphatic hydroxyl groups is 1. The third kappa shape index (κ3) is 6.64. The van der Waals surface area contributed by atoms with Crippen LogP contribution >= 0.6 is 0 Å². The monoisotopic (exact) mass is 638 g/mol. The first-order valence-electron chi connectivity index (χ1n) is 14.9. The number of piperidine rings is 1. The zero-order chi connectivity index (χ0) is 32.1. The second kappa shape index (κ2) is 11.6. The molecule has 0 unspecified atom stereocenters. The van der Waals surface area contributed by atoms with E-state index in [-0.39, 0.29) is 74.6 Å². The van der Waals surface area contributed by atoms with E-state index in [9.17, 15) is 32.3 Å². The predicted octanol–water partition coefficient (Wildman–Crippen LogP) is 3.34. The Bertz CT molecular complexity index is 1560. The summed E-state index contributed by atoms with van der Waals surface area (Å²) in [7, 11) is 0. The van der Waals surface area contributed by atoms with Crippen LogP contribution in [0, 0.1) is 12.8 Å². The molecule has 0 spiro atoms. The van der Waals surface area contributed by atoms with Crippen LogP contribution in [0.2, 0.25) is 0 Å². The first-order chi connectivity index (χ1) is 21.2. The molecule has 2 aliphatic heterocycles.